The number of fused-ring (bicyclic) bond motifs is 32. The van der Waals surface area contributed by atoms with Gasteiger partial charge in [-0.05, 0) is 219 Å². The molecule has 4 heteroatoms. The van der Waals surface area contributed by atoms with Crippen molar-refractivity contribution in [3.63, 3.8) is 0 Å². The molecule has 0 atom stereocenters. The van der Waals surface area contributed by atoms with E-state index in [0.29, 0.717) is 0 Å². The van der Waals surface area contributed by atoms with Crippen molar-refractivity contribution in [2.24, 2.45) is 0 Å². The summed E-state index contributed by atoms with van der Waals surface area (Å²) in [6.45, 7) is 29.3. The molecule has 0 amide bonds. The zero-order valence-electron chi connectivity index (χ0n) is 55.2. The monoisotopic (exact) mass is 1210 g/mol. The molecule has 4 nitrogen and oxygen atoms in total. The fraction of sp³-hybridized carbons (Fsp3) is 0.200. The summed E-state index contributed by atoms with van der Waals surface area (Å²) in [4.78, 5) is 2.59. The Morgan fingerprint density at radius 3 is 1.11 bits per heavy atom. The Morgan fingerprint density at radius 1 is 0.234 bits per heavy atom. The molecule has 0 unspecified atom stereocenters. The minimum atomic E-state index is -0.381. The SMILES string of the molecule is CC1(C)c2cc(N(c3ccc4c(c3)C(C)(C)c3cc5c(cc3-4)C(C)(C)c3ccc4oc6ccccc6c4c3-5)c3ccc4c(c3)C(C)(C)c3c5c(c6oc7ccccc7c6c3-4)-c3ccccc3C5(C)C)ccc2-c2cc3c(cc21)-c1c(ccc2oc4ccccc4c12)C3(C)C. The first-order valence-corrected chi connectivity index (χ1v) is 33.8. The Kier molecular flexibility index (Phi) is 9.53. The summed E-state index contributed by atoms with van der Waals surface area (Å²) in [7, 11) is 0. The van der Waals surface area contributed by atoms with Crippen LogP contribution in [0, 0.1) is 0 Å². The van der Waals surface area contributed by atoms with Crippen molar-refractivity contribution in [1.29, 1.82) is 0 Å². The number of anilines is 3. The van der Waals surface area contributed by atoms with E-state index in [1.807, 2.05) is 0 Å². The molecule has 0 radical (unpaired) electrons. The molecule has 94 heavy (non-hydrogen) atoms. The highest BCUT2D eigenvalue weighted by molar-refractivity contribution is 6.22. The van der Waals surface area contributed by atoms with Gasteiger partial charge in [-0.1, -0.05) is 192 Å². The lowest BCUT2D eigenvalue weighted by Gasteiger charge is -2.32. The molecule has 12 aromatic carbocycles. The van der Waals surface area contributed by atoms with Crippen molar-refractivity contribution in [2.75, 3.05) is 4.90 Å². The normalized spacial score (nSPS) is 17.2. The van der Waals surface area contributed by atoms with Gasteiger partial charge in [0, 0.05) is 87.4 Å². The molecular formula is C90H69NO3. The maximum absolute atomic E-state index is 7.12. The van der Waals surface area contributed by atoms with Gasteiger partial charge in [-0.2, -0.15) is 0 Å². The van der Waals surface area contributed by atoms with Gasteiger partial charge in [0.15, 0.2) is 0 Å². The van der Waals surface area contributed by atoms with Crippen LogP contribution in [0.15, 0.2) is 213 Å². The van der Waals surface area contributed by atoms with Crippen LogP contribution in [-0.2, 0) is 32.5 Å². The molecular weight excluding hydrogens is 1140 g/mol. The number of para-hydroxylation sites is 3. The van der Waals surface area contributed by atoms with Gasteiger partial charge in [-0.3, -0.25) is 0 Å². The number of rotatable bonds is 3. The van der Waals surface area contributed by atoms with Crippen molar-refractivity contribution in [2.45, 2.75) is 116 Å². The molecule has 452 valence electrons. The Labute approximate surface area is 547 Å². The van der Waals surface area contributed by atoms with Gasteiger partial charge >= 0.3 is 0 Å². The quantitative estimate of drug-likeness (QED) is 0.177. The van der Waals surface area contributed by atoms with Gasteiger partial charge in [0.1, 0.15) is 33.5 Å². The zero-order valence-corrected chi connectivity index (χ0v) is 55.2. The summed E-state index contributed by atoms with van der Waals surface area (Å²) in [6.07, 6.45) is 0. The van der Waals surface area contributed by atoms with Gasteiger partial charge in [0.25, 0.3) is 0 Å². The minimum Gasteiger partial charge on any atom is -0.456 e. The van der Waals surface area contributed by atoms with Gasteiger partial charge in [0.05, 0.1) is 0 Å². The minimum absolute atomic E-state index is 0.212. The van der Waals surface area contributed by atoms with Crippen LogP contribution in [0.1, 0.15) is 150 Å². The van der Waals surface area contributed by atoms with E-state index < -0.39 is 0 Å². The van der Waals surface area contributed by atoms with Crippen LogP contribution in [0.4, 0.5) is 17.1 Å². The van der Waals surface area contributed by atoms with Crippen LogP contribution >= 0.6 is 0 Å². The summed E-state index contributed by atoms with van der Waals surface area (Å²) >= 11 is 0. The van der Waals surface area contributed by atoms with E-state index in [9.17, 15) is 0 Å². The van der Waals surface area contributed by atoms with Crippen molar-refractivity contribution in [3.05, 3.63) is 267 Å². The number of hydrogen-bond donors (Lipinski definition) is 0. The third-order valence-corrected chi connectivity index (χ3v) is 24.6. The summed E-state index contributed by atoms with van der Waals surface area (Å²) < 4.78 is 20.3. The van der Waals surface area contributed by atoms with E-state index in [0.717, 1.165) is 50.6 Å². The molecule has 21 rings (SSSR count). The molecule has 3 heterocycles. The molecule has 3 aromatic heterocycles. The maximum Gasteiger partial charge on any atom is 0.144 e. The lowest BCUT2D eigenvalue weighted by Crippen LogP contribution is -2.24. The second-order valence-corrected chi connectivity index (χ2v) is 31.4. The molecule has 15 aromatic rings. The summed E-state index contributed by atoms with van der Waals surface area (Å²) in [5.74, 6) is 0. The first-order chi connectivity index (χ1) is 45.1. The van der Waals surface area contributed by atoms with Gasteiger partial charge in [-0.15, -0.1) is 0 Å². The molecule has 0 aliphatic heterocycles. The fourth-order valence-corrected chi connectivity index (χ4v) is 19.9. The Hall–Kier alpha value is -10.2. The largest absolute Gasteiger partial charge is 0.456 e. The zero-order chi connectivity index (χ0) is 63.5. The van der Waals surface area contributed by atoms with Crippen molar-refractivity contribution >= 4 is 82.9 Å². The fourth-order valence-electron chi connectivity index (χ4n) is 19.9. The van der Waals surface area contributed by atoms with Crippen LogP contribution in [0.3, 0.4) is 0 Å². The average Bonchev–Trinajstić information content (AvgIpc) is 1.52. The lowest BCUT2D eigenvalue weighted by molar-refractivity contribution is 0.600. The van der Waals surface area contributed by atoms with Crippen molar-refractivity contribution < 1.29 is 13.3 Å². The molecule has 0 N–H and O–H groups in total. The molecule has 0 saturated carbocycles. The van der Waals surface area contributed by atoms with E-state index >= 15 is 0 Å². The Morgan fingerprint density at radius 2 is 0.596 bits per heavy atom. The maximum atomic E-state index is 7.12. The van der Waals surface area contributed by atoms with Gasteiger partial charge in [0.2, 0.25) is 0 Å². The first-order valence-electron chi connectivity index (χ1n) is 33.8. The van der Waals surface area contributed by atoms with E-state index in [2.05, 4.69) is 288 Å². The average molecular weight is 1210 g/mol. The molecule has 6 aliphatic rings. The van der Waals surface area contributed by atoms with E-state index in [4.69, 9.17) is 13.3 Å². The summed E-state index contributed by atoms with van der Waals surface area (Å²) in [6, 6.07) is 76.3. The topological polar surface area (TPSA) is 42.7 Å². The van der Waals surface area contributed by atoms with Crippen molar-refractivity contribution in [3.8, 4) is 66.8 Å². The highest BCUT2D eigenvalue weighted by atomic mass is 16.3. The van der Waals surface area contributed by atoms with E-state index in [-0.39, 0.29) is 32.5 Å². The summed E-state index contributed by atoms with van der Waals surface area (Å²) in [5.41, 5.74) is 39.4. The number of hydrogen-bond acceptors (Lipinski definition) is 4. The van der Waals surface area contributed by atoms with Crippen LogP contribution < -0.4 is 4.90 Å². The second-order valence-electron chi connectivity index (χ2n) is 31.4. The number of nitrogens with zero attached hydrogens (tertiary/aromatic N) is 1. The van der Waals surface area contributed by atoms with E-state index in [1.54, 1.807) is 0 Å². The van der Waals surface area contributed by atoms with E-state index in [1.165, 1.54) is 166 Å². The van der Waals surface area contributed by atoms with Crippen LogP contribution in [0.25, 0.3) is 133 Å². The molecule has 0 saturated heterocycles. The Balaban J connectivity index is 0.764. The Bertz CT molecular complexity index is 5860. The van der Waals surface area contributed by atoms with Gasteiger partial charge < -0.3 is 18.2 Å². The highest BCUT2D eigenvalue weighted by Crippen LogP contribution is 2.66. The third-order valence-electron chi connectivity index (χ3n) is 24.6. The molecule has 6 aliphatic carbocycles. The first kappa shape index (κ1) is 53.4. The third kappa shape index (κ3) is 6.15. The lowest BCUT2D eigenvalue weighted by atomic mass is 9.72. The number of benzene rings is 12. The van der Waals surface area contributed by atoms with Crippen molar-refractivity contribution in [1.82, 2.24) is 0 Å². The van der Waals surface area contributed by atoms with Crippen LogP contribution in [0.5, 0.6) is 0 Å². The predicted octanol–water partition coefficient (Wildman–Crippen LogP) is 24.7. The predicted molar refractivity (Wildman–Crippen MR) is 388 cm³/mol. The van der Waals surface area contributed by atoms with Crippen LogP contribution in [-0.4, -0.2) is 0 Å². The number of furan rings is 3. The second kappa shape index (κ2) is 16.8. The van der Waals surface area contributed by atoms with Crippen LogP contribution in [0.2, 0.25) is 0 Å². The smallest absolute Gasteiger partial charge is 0.144 e. The molecule has 0 fully saturated rings. The standard InChI is InChI=1S/C90H69NO3/c1-85(2)61-35-37-73-77(53-22-14-18-26-70(53)92-73)75(61)58-44-66-56(42-68(58)85)49-32-29-46(39-63(49)87(66,5)6)91(47-30-33-50-57-43-69-59(45-67(57)88(7,8)64(50)40-47)76-62(86(69,3)4)36-38-74-78(76)54-23-15-19-27-71(54)93-74)48-31-34-52-65(41-48)90(11,12)82-79(52)80-55-24-16-20-28-72(55)94-84(80)81-51-21-13-17-25-60(51)89(9,10)83(81)82/h13-45H,1-12H3. The molecule has 0 bridgehead atoms. The van der Waals surface area contributed by atoms with Gasteiger partial charge in [-0.25, -0.2) is 0 Å². The molecule has 0 spiro atoms. The summed E-state index contributed by atoms with van der Waals surface area (Å²) in [5, 5.41) is 7.17. The highest BCUT2D eigenvalue weighted by Gasteiger charge is 2.50.